The zero-order valence-corrected chi connectivity index (χ0v) is 14.3. The maximum Gasteiger partial charge on any atom is 0.00922 e. The Morgan fingerprint density at radius 1 is 0.889 bits per heavy atom. The van der Waals surface area contributed by atoms with Gasteiger partial charge in [-0.3, -0.25) is 0 Å². The zero-order valence-electron chi connectivity index (χ0n) is 12.6. The first kappa shape index (κ1) is 18.4. The molecule has 0 N–H and O–H groups in total. The van der Waals surface area contributed by atoms with Crippen molar-refractivity contribution in [1.82, 2.24) is 4.90 Å². The molecule has 1 fully saturated rings. The zero-order chi connectivity index (χ0) is 12.3. The Bertz CT molecular complexity index is 172. The van der Waals surface area contributed by atoms with Gasteiger partial charge < -0.3 is 4.90 Å². The summed E-state index contributed by atoms with van der Waals surface area (Å²) >= 11 is 0. The van der Waals surface area contributed by atoms with Gasteiger partial charge in [-0.2, -0.15) is 0 Å². The van der Waals surface area contributed by atoms with Crippen LogP contribution >= 0.6 is 17.0 Å². The lowest BCUT2D eigenvalue weighted by Crippen LogP contribution is -2.35. The highest BCUT2D eigenvalue weighted by molar-refractivity contribution is 8.93. The standard InChI is InChI=1S/C16H33N.BrH/c1-3-4-5-6-7-8-9-10-13-16-14-11-12-15-17(16)2;/h16H,3-15H2,1-2H3;1H. The monoisotopic (exact) mass is 319 g/mol. The topological polar surface area (TPSA) is 3.24 Å². The van der Waals surface area contributed by atoms with Crippen LogP contribution in [-0.2, 0) is 0 Å². The minimum Gasteiger partial charge on any atom is -0.303 e. The summed E-state index contributed by atoms with van der Waals surface area (Å²) in [5.74, 6) is 0. The third kappa shape index (κ3) is 8.53. The number of nitrogens with zero attached hydrogens (tertiary/aromatic N) is 1. The summed E-state index contributed by atoms with van der Waals surface area (Å²) in [6.07, 6.45) is 17.4. The molecule has 1 rings (SSSR count). The molecule has 0 aliphatic carbocycles. The van der Waals surface area contributed by atoms with Gasteiger partial charge in [-0.1, -0.05) is 64.7 Å². The minimum absolute atomic E-state index is 0. The van der Waals surface area contributed by atoms with Crippen LogP contribution in [0.1, 0.15) is 84.0 Å². The molecule has 18 heavy (non-hydrogen) atoms. The van der Waals surface area contributed by atoms with Crippen LogP contribution in [0.2, 0.25) is 0 Å². The summed E-state index contributed by atoms with van der Waals surface area (Å²) < 4.78 is 0. The van der Waals surface area contributed by atoms with Crippen molar-refractivity contribution >= 4 is 17.0 Å². The normalized spacial score (nSPS) is 20.7. The van der Waals surface area contributed by atoms with E-state index in [2.05, 4.69) is 18.9 Å². The molecule has 1 saturated heterocycles. The summed E-state index contributed by atoms with van der Waals surface area (Å²) in [6.45, 7) is 3.63. The minimum atomic E-state index is 0. The SMILES string of the molecule is Br.CCCCCCCCCCC1CCCCN1C. The number of hydrogen-bond donors (Lipinski definition) is 0. The molecule has 0 bridgehead atoms. The molecule has 110 valence electrons. The molecule has 1 atom stereocenters. The molecule has 0 radical (unpaired) electrons. The van der Waals surface area contributed by atoms with E-state index in [9.17, 15) is 0 Å². The molecule has 0 spiro atoms. The first-order chi connectivity index (χ1) is 8.34. The lowest BCUT2D eigenvalue weighted by atomic mass is 9.97. The van der Waals surface area contributed by atoms with Crippen LogP contribution in [0.15, 0.2) is 0 Å². The lowest BCUT2D eigenvalue weighted by molar-refractivity contribution is 0.173. The lowest BCUT2D eigenvalue weighted by Gasteiger charge is -2.32. The van der Waals surface area contributed by atoms with E-state index < -0.39 is 0 Å². The van der Waals surface area contributed by atoms with Crippen molar-refractivity contribution < 1.29 is 0 Å². The maximum atomic E-state index is 2.59. The second kappa shape index (κ2) is 12.5. The van der Waals surface area contributed by atoms with Crippen molar-refractivity contribution in [3.63, 3.8) is 0 Å². The Labute approximate surface area is 125 Å². The summed E-state index contributed by atoms with van der Waals surface area (Å²) in [4.78, 5) is 2.59. The maximum absolute atomic E-state index is 2.59. The molecule has 0 amide bonds. The van der Waals surface area contributed by atoms with Crippen molar-refractivity contribution in [2.75, 3.05) is 13.6 Å². The van der Waals surface area contributed by atoms with Crippen LogP contribution in [0, 0.1) is 0 Å². The Hall–Kier alpha value is 0.440. The van der Waals surface area contributed by atoms with Crippen LogP contribution < -0.4 is 0 Å². The van der Waals surface area contributed by atoms with E-state index in [1.54, 1.807) is 0 Å². The van der Waals surface area contributed by atoms with Gasteiger partial charge in [0, 0.05) is 6.04 Å². The summed E-state index contributed by atoms with van der Waals surface area (Å²) in [7, 11) is 2.31. The second-order valence-corrected chi connectivity index (χ2v) is 5.89. The van der Waals surface area contributed by atoms with Crippen molar-refractivity contribution in [1.29, 1.82) is 0 Å². The largest absolute Gasteiger partial charge is 0.303 e. The Kier molecular flexibility index (Phi) is 12.8. The number of piperidine rings is 1. The van der Waals surface area contributed by atoms with Crippen molar-refractivity contribution in [3.8, 4) is 0 Å². The first-order valence-corrected chi connectivity index (χ1v) is 8.05. The van der Waals surface area contributed by atoms with Crippen LogP contribution in [0.4, 0.5) is 0 Å². The average molecular weight is 320 g/mol. The fourth-order valence-corrected chi connectivity index (χ4v) is 3.02. The second-order valence-electron chi connectivity index (χ2n) is 5.89. The van der Waals surface area contributed by atoms with Gasteiger partial charge in [-0.05, 0) is 32.9 Å². The van der Waals surface area contributed by atoms with E-state index >= 15 is 0 Å². The fourth-order valence-electron chi connectivity index (χ4n) is 3.02. The number of rotatable bonds is 9. The summed E-state index contributed by atoms with van der Waals surface area (Å²) in [5.41, 5.74) is 0. The average Bonchev–Trinajstić information content (AvgIpc) is 2.35. The predicted molar refractivity (Wildman–Crippen MR) is 87.8 cm³/mol. The van der Waals surface area contributed by atoms with Gasteiger partial charge in [0.05, 0.1) is 0 Å². The van der Waals surface area contributed by atoms with Crippen molar-refractivity contribution in [2.45, 2.75) is 90.0 Å². The molecule has 1 aliphatic heterocycles. The van der Waals surface area contributed by atoms with Gasteiger partial charge in [0.15, 0.2) is 0 Å². The van der Waals surface area contributed by atoms with Crippen molar-refractivity contribution in [3.05, 3.63) is 0 Å². The highest BCUT2D eigenvalue weighted by Crippen LogP contribution is 2.20. The third-order valence-corrected chi connectivity index (χ3v) is 4.31. The van der Waals surface area contributed by atoms with E-state index in [-0.39, 0.29) is 17.0 Å². The number of hydrogen-bond acceptors (Lipinski definition) is 1. The quantitative estimate of drug-likeness (QED) is 0.501. The third-order valence-electron chi connectivity index (χ3n) is 4.31. The Morgan fingerprint density at radius 2 is 1.50 bits per heavy atom. The number of unbranched alkanes of at least 4 members (excludes halogenated alkanes) is 7. The van der Waals surface area contributed by atoms with Gasteiger partial charge in [0.1, 0.15) is 0 Å². The molecule has 2 heteroatoms. The van der Waals surface area contributed by atoms with Crippen LogP contribution in [0.5, 0.6) is 0 Å². The van der Waals surface area contributed by atoms with Gasteiger partial charge in [-0.15, -0.1) is 17.0 Å². The van der Waals surface area contributed by atoms with Gasteiger partial charge in [0.25, 0.3) is 0 Å². The molecule has 0 aromatic rings. The first-order valence-electron chi connectivity index (χ1n) is 8.05. The summed E-state index contributed by atoms with van der Waals surface area (Å²) in [6, 6.07) is 0.906. The highest BCUT2D eigenvalue weighted by atomic mass is 79.9. The molecule has 1 aliphatic rings. The van der Waals surface area contributed by atoms with E-state index in [0.29, 0.717) is 0 Å². The van der Waals surface area contributed by atoms with Crippen LogP contribution in [-0.4, -0.2) is 24.5 Å². The molecular formula is C16H34BrN. The Morgan fingerprint density at radius 3 is 2.11 bits per heavy atom. The smallest absolute Gasteiger partial charge is 0.00922 e. The van der Waals surface area contributed by atoms with Crippen LogP contribution in [0.3, 0.4) is 0 Å². The van der Waals surface area contributed by atoms with E-state index in [0.717, 1.165) is 6.04 Å². The molecular weight excluding hydrogens is 286 g/mol. The van der Waals surface area contributed by atoms with Gasteiger partial charge >= 0.3 is 0 Å². The van der Waals surface area contributed by atoms with Crippen molar-refractivity contribution in [2.24, 2.45) is 0 Å². The van der Waals surface area contributed by atoms with Gasteiger partial charge in [-0.25, -0.2) is 0 Å². The summed E-state index contributed by atoms with van der Waals surface area (Å²) in [5, 5.41) is 0. The molecule has 1 unspecified atom stereocenters. The molecule has 1 nitrogen and oxygen atoms in total. The molecule has 1 heterocycles. The van der Waals surface area contributed by atoms with Gasteiger partial charge in [0.2, 0.25) is 0 Å². The molecule has 0 aromatic carbocycles. The highest BCUT2D eigenvalue weighted by Gasteiger charge is 2.17. The van der Waals surface area contributed by atoms with E-state index in [4.69, 9.17) is 0 Å². The predicted octanol–water partition coefficient (Wildman–Crippen LogP) is 5.58. The molecule has 0 saturated carbocycles. The van der Waals surface area contributed by atoms with E-state index in [1.807, 2.05) is 0 Å². The molecule has 0 aromatic heterocycles. The van der Waals surface area contributed by atoms with Crippen LogP contribution in [0.25, 0.3) is 0 Å². The number of halogens is 1. The number of likely N-dealkylation sites (tertiary alicyclic amines) is 1. The van der Waals surface area contributed by atoms with E-state index in [1.165, 1.54) is 83.6 Å². The Balaban J connectivity index is 0.00000289. The fraction of sp³-hybridized carbons (Fsp3) is 1.00.